The van der Waals surface area contributed by atoms with E-state index in [4.69, 9.17) is 10.2 Å². The zero-order chi connectivity index (χ0) is 15.4. The SMILES string of the molecule is O=C(O)c1cc(CCc2ccc(Br)cc2)cc(C(=O)O)c1. The summed E-state index contributed by atoms with van der Waals surface area (Å²) < 4.78 is 0.993. The van der Waals surface area contributed by atoms with Gasteiger partial charge in [0.1, 0.15) is 0 Å². The standard InChI is InChI=1S/C16H13BrO4/c17-14-5-3-10(4-6-14)1-2-11-7-12(15(18)19)9-13(8-11)16(20)21/h3-9H,1-2H2,(H,18,19)(H,20,21). The predicted molar refractivity (Wildman–Crippen MR) is 81.9 cm³/mol. The number of carboxylic acids is 2. The van der Waals surface area contributed by atoms with E-state index in [1.165, 1.54) is 18.2 Å². The van der Waals surface area contributed by atoms with Gasteiger partial charge in [-0.05, 0) is 54.3 Å². The van der Waals surface area contributed by atoms with Crippen molar-refractivity contribution in [2.75, 3.05) is 0 Å². The number of hydrogen-bond acceptors (Lipinski definition) is 2. The number of hydrogen-bond donors (Lipinski definition) is 2. The Morgan fingerprint density at radius 2 is 1.29 bits per heavy atom. The molecule has 21 heavy (non-hydrogen) atoms. The molecule has 0 bridgehead atoms. The summed E-state index contributed by atoms with van der Waals surface area (Å²) in [5, 5.41) is 18.1. The number of benzene rings is 2. The van der Waals surface area contributed by atoms with Gasteiger partial charge in [0.2, 0.25) is 0 Å². The lowest BCUT2D eigenvalue weighted by Crippen LogP contribution is -2.05. The molecule has 0 radical (unpaired) electrons. The Hall–Kier alpha value is -2.14. The third-order valence-electron chi connectivity index (χ3n) is 3.10. The van der Waals surface area contributed by atoms with Crippen LogP contribution < -0.4 is 0 Å². The Morgan fingerprint density at radius 3 is 1.76 bits per heavy atom. The van der Waals surface area contributed by atoms with Gasteiger partial charge in [0, 0.05) is 4.47 Å². The fraction of sp³-hybridized carbons (Fsp3) is 0.125. The van der Waals surface area contributed by atoms with Gasteiger partial charge in [-0.1, -0.05) is 28.1 Å². The van der Waals surface area contributed by atoms with Crippen LogP contribution in [-0.4, -0.2) is 22.2 Å². The van der Waals surface area contributed by atoms with Crippen LogP contribution in [0.1, 0.15) is 31.8 Å². The van der Waals surface area contributed by atoms with Crippen LogP contribution in [0, 0.1) is 0 Å². The summed E-state index contributed by atoms with van der Waals surface area (Å²) in [6, 6.07) is 12.0. The summed E-state index contributed by atoms with van der Waals surface area (Å²) in [7, 11) is 0. The maximum Gasteiger partial charge on any atom is 0.335 e. The zero-order valence-electron chi connectivity index (χ0n) is 11.0. The molecule has 0 spiro atoms. The number of halogens is 1. The number of carbonyl (C=O) groups is 2. The van der Waals surface area contributed by atoms with Crippen molar-refractivity contribution in [3.05, 3.63) is 69.2 Å². The van der Waals surface area contributed by atoms with Gasteiger partial charge in [0.05, 0.1) is 11.1 Å². The molecule has 0 unspecified atom stereocenters. The second kappa shape index (κ2) is 6.54. The molecule has 0 saturated heterocycles. The lowest BCUT2D eigenvalue weighted by molar-refractivity contribution is 0.0696. The summed E-state index contributed by atoms with van der Waals surface area (Å²) in [4.78, 5) is 22.1. The van der Waals surface area contributed by atoms with Crippen LogP contribution in [0.15, 0.2) is 46.9 Å². The number of rotatable bonds is 5. The molecule has 2 rings (SSSR count). The normalized spacial score (nSPS) is 10.3. The van der Waals surface area contributed by atoms with Crippen molar-refractivity contribution < 1.29 is 19.8 Å². The lowest BCUT2D eigenvalue weighted by Gasteiger charge is -2.06. The fourth-order valence-corrected chi connectivity index (χ4v) is 2.29. The summed E-state index contributed by atoms with van der Waals surface area (Å²) in [5.74, 6) is -2.24. The Kier molecular flexibility index (Phi) is 4.75. The van der Waals surface area contributed by atoms with Crippen molar-refractivity contribution in [3.8, 4) is 0 Å². The van der Waals surface area contributed by atoms with Crippen molar-refractivity contribution in [2.24, 2.45) is 0 Å². The molecule has 5 heteroatoms. The van der Waals surface area contributed by atoms with Crippen molar-refractivity contribution in [3.63, 3.8) is 0 Å². The highest BCUT2D eigenvalue weighted by atomic mass is 79.9. The van der Waals surface area contributed by atoms with Crippen molar-refractivity contribution in [1.82, 2.24) is 0 Å². The van der Waals surface area contributed by atoms with Crippen molar-refractivity contribution in [1.29, 1.82) is 0 Å². The van der Waals surface area contributed by atoms with E-state index < -0.39 is 11.9 Å². The molecule has 0 aliphatic heterocycles. The van der Waals surface area contributed by atoms with Crippen LogP contribution in [-0.2, 0) is 12.8 Å². The van der Waals surface area contributed by atoms with Crippen LogP contribution >= 0.6 is 15.9 Å². The Morgan fingerprint density at radius 1 is 0.810 bits per heavy atom. The molecule has 0 fully saturated rings. The average Bonchev–Trinajstić information content (AvgIpc) is 2.46. The van der Waals surface area contributed by atoms with Gasteiger partial charge in [-0.15, -0.1) is 0 Å². The summed E-state index contributed by atoms with van der Waals surface area (Å²) >= 11 is 3.36. The molecule has 108 valence electrons. The fourth-order valence-electron chi connectivity index (χ4n) is 2.02. The molecule has 2 N–H and O–H groups in total. The third kappa shape index (κ3) is 4.16. The first-order chi connectivity index (χ1) is 9.95. The molecule has 0 amide bonds. The first-order valence-electron chi connectivity index (χ1n) is 6.30. The summed E-state index contributed by atoms with van der Waals surface area (Å²) in [6.07, 6.45) is 1.30. The van der Waals surface area contributed by atoms with E-state index in [1.54, 1.807) is 0 Å². The molecular formula is C16H13BrO4. The maximum atomic E-state index is 11.0. The third-order valence-corrected chi connectivity index (χ3v) is 3.63. The van der Waals surface area contributed by atoms with Gasteiger partial charge in [-0.2, -0.15) is 0 Å². The van der Waals surface area contributed by atoms with Gasteiger partial charge in [0.15, 0.2) is 0 Å². The van der Waals surface area contributed by atoms with E-state index in [1.807, 2.05) is 24.3 Å². The first-order valence-corrected chi connectivity index (χ1v) is 7.10. The van der Waals surface area contributed by atoms with Gasteiger partial charge in [-0.25, -0.2) is 9.59 Å². The van der Waals surface area contributed by atoms with Crippen molar-refractivity contribution >= 4 is 27.9 Å². The lowest BCUT2D eigenvalue weighted by atomic mass is 10.00. The molecule has 0 atom stereocenters. The van der Waals surface area contributed by atoms with Crippen molar-refractivity contribution in [2.45, 2.75) is 12.8 Å². The van der Waals surface area contributed by atoms with Crippen LogP contribution in [0.2, 0.25) is 0 Å². The number of aryl methyl sites for hydroxylation is 2. The zero-order valence-corrected chi connectivity index (χ0v) is 12.6. The summed E-state index contributed by atoms with van der Waals surface area (Å²) in [6.45, 7) is 0. The second-order valence-corrected chi connectivity index (χ2v) is 5.57. The van der Waals surface area contributed by atoms with Gasteiger partial charge >= 0.3 is 11.9 Å². The van der Waals surface area contributed by atoms with Gasteiger partial charge in [0.25, 0.3) is 0 Å². The van der Waals surface area contributed by atoms with Crippen LogP contribution in [0.4, 0.5) is 0 Å². The molecule has 2 aromatic rings. The molecule has 0 heterocycles. The number of carboxylic acid groups (broad SMARTS) is 2. The smallest absolute Gasteiger partial charge is 0.335 e. The Labute approximate surface area is 130 Å². The van der Waals surface area contributed by atoms with E-state index in [0.717, 1.165) is 16.5 Å². The molecule has 4 nitrogen and oxygen atoms in total. The number of aromatic carboxylic acids is 2. The molecule has 2 aromatic carbocycles. The highest BCUT2D eigenvalue weighted by Crippen LogP contribution is 2.15. The maximum absolute atomic E-state index is 11.0. The van der Waals surface area contributed by atoms with Crippen LogP contribution in [0.25, 0.3) is 0 Å². The minimum absolute atomic E-state index is 0.000654. The molecule has 0 aliphatic carbocycles. The topological polar surface area (TPSA) is 74.6 Å². The largest absolute Gasteiger partial charge is 0.478 e. The van der Waals surface area contributed by atoms with E-state index in [-0.39, 0.29) is 11.1 Å². The van der Waals surface area contributed by atoms with Crippen LogP contribution in [0.3, 0.4) is 0 Å². The minimum atomic E-state index is -1.12. The molecule has 0 aromatic heterocycles. The Balaban J connectivity index is 2.20. The van der Waals surface area contributed by atoms with E-state index >= 15 is 0 Å². The van der Waals surface area contributed by atoms with Gasteiger partial charge < -0.3 is 10.2 Å². The van der Waals surface area contributed by atoms with E-state index in [0.29, 0.717) is 12.0 Å². The molecule has 0 saturated carbocycles. The monoisotopic (exact) mass is 348 g/mol. The second-order valence-electron chi connectivity index (χ2n) is 4.66. The van der Waals surface area contributed by atoms with E-state index in [2.05, 4.69) is 15.9 Å². The molecular weight excluding hydrogens is 336 g/mol. The minimum Gasteiger partial charge on any atom is -0.478 e. The first kappa shape index (κ1) is 15.3. The summed E-state index contributed by atoms with van der Waals surface area (Å²) in [5.41, 5.74) is 1.81. The highest BCUT2D eigenvalue weighted by molar-refractivity contribution is 9.10. The quantitative estimate of drug-likeness (QED) is 0.864. The highest BCUT2D eigenvalue weighted by Gasteiger charge is 2.11. The van der Waals surface area contributed by atoms with Gasteiger partial charge in [-0.3, -0.25) is 0 Å². The Bertz CT molecular complexity index is 645. The van der Waals surface area contributed by atoms with Crippen LogP contribution in [0.5, 0.6) is 0 Å². The predicted octanol–water partition coefficient (Wildman–Crippen LogP) is 3.63. The molecule has 0 aliphatic rings. The van der Waals surface area contributed by atoms with E-state index in [9.17, 15) is 9.59 Å². The average molecular weight is 349 g/mol.